The van der Waals surface area contributed by atoms with Crippen LogP contribution in [0.3, 0.4) is 0 Å². The molecule has 1 heterocycles. The number of nitrogens with zero attached hydrogens (tertiary/aromatic N) is 3. The summed E-state index contributed by atoms with van der Waals surface area (Å²) in [6.45, 7) is 5.45. The highest BCUT2D eigenvalue weighted by molar-refractivity contribution is 6.32. The van der Waals surface area contributed by atoms with E-state index in [-0.39, 0.29) is 5.91 Å². The molecule has 0 atom stereocenters. The van der Waals surface area contributed by atoms with Crippen LogP contribution in [0, 0.1) is 0 Å². The number of anilines is 2. The summed E-state index contributed by atoms with van der Waals surface area (Å²) in [5.41, 5.74) is 5.35. The van der Waals surface area contributed by atoms with Crippen molar-refractivity contribution in [3.8, 4) is 0 Å². The van der Waals surface area contributed by atoms with Crippen molar-refractivity contribution in [2.75, 3.05) is 34.8 Å². The van der Waals surface area contributed by atoms with Crippen molar-refractivity contribution in [2.24, 2.45) is 5.10 Å². The molecule has 0 unspecified atom stereocenters. The molecule has 29 heavy (non-hydrogen) atoms. The zero-order valence-corrected chi connectivity index (χ0v) is 18.2. The fourth-order valence-electron chi connectivity index (χ4n) is 3.25. The molecule has 1 aliphatic rings. The predicted molar refractivity (Wildman–Crippen MR) is 124 cm³/mol. The lowest BCUT2D eigenvalue weighted by atomic mass is 10.1. The van der Waals surface area contributed by atoms with E-state index in [1.165, 1.54) is 10.6 Å². The number of benzene rings is 2. The van der Waals surface area contributed by atoms with Crippen molar-refractivity contribution in [1.82, 2.24) is 0 Å². The van der Waals surface area contributed by atoms with E-state index in [1.54, 1.807) is 0 Å². The number of aryl methyl sites for hydroxylation is 1. The molecule has 0 aliphatic carbocycles. The van der Waals surface area contributed by atoms with Gasteiger partial charge in [0, 0.05) is 30.5 Å². The Labute approximate surface area is 182 Å². The Morgan fingerprint density at radius 3 is 2.17 bits per heavy atom. The first-order chi connectivity index (χ1) is 14.1. The van der Waals surface area contributed by atoms with E-state index in [0.717, 1.165) is 36.4 Å². The average molecular weight is 430 g/mol. The van der Waals surface area contributed by atoms with Gasteiger partial charge >= 0.3 is 0 Å². The van der Waals surface area contributed by atoms with Gasteiger partial charge in [-0.05, 0) is 54.8 Å². The number of amides is 1. The molecule has 0 spiro atoms. The Kier molecular flexibility index (Phi) is 7.34. The van der Waals surface area contributed by atoms with E-state index in [1.807, 2.05) is 61.5 Å². The van der Waals surface area contributed by atoms with E-state index in [9.17, 15) is 4.79 Å². The summed E-state index contributed by atoms with van der Waals surface area (Å²) < 4.78 is 0. The van der Waals surface area contributed by atoms with Crippen LogP contribution in [0.1, 0.15) is 25.0 Å². The van der Waals surface area contributed by atoms with Crippen LogP contribution < -0.4 is 9.91 Å². The van der Waals surface area contributed by atoms with Gasteiger partial charge in [-0.2, -0.15) is 10.1 Å². The molecule has 152 valence electrons. The van der Waals surface area contributed by atoms with Crippen LogP contribution in [0.4, 0.5) is 11.4 Å². The number of halogens is 2. The molecule has 0 radical (unpaired) electrons. The normalized spacial score (nSPS) is 15.2. The van der Waals surface area contributed by atoms with E-state index in [2.05, 4.69) is 16.9 Å². The number of carbonyl (C=O) groups excluding carboxylic acids is 1. The van der Waals surface area contributed by atoms with Gasteiger partial charge < -0.3 is 4.90 Å². The van der Waals surface area contributed by atoms with Gasteiger partial charge in [0.1, 0.15) is 0 Å². The summed E-state index contributed by atoms with van der Waals surface area (Å²) in [5.74, 6) is 0.978. The fourth-order valence-corrected chi connectivity index (χ4v) is 3.66. The van der Waals surface area contributed by atoms with Crippen LogP contribution >= 0.6 is 23.2 Å². The number of hydrogen-bond donors (Lipinski definition) is 0. The minimum atomic E-state index is -0.110. The second-order valence-corrected chi connectivity index (χ2v) is 7.59. The molecule has 1 amide bonds. The average Bonchev–Trinajstić information content (AvgIpc) is 3.02. The highest BCUT2D eigenvalue weighted by atomic mass is 35.5. The SMILES string of the molecule is CCc1ccc(N2N=C(C)C(=Cc3ccc(N(CCCl)CCCl)cc3)C2=O)cc1. The van der Waals surface area contributed by atoms with Crippen molar-refractivity contribution in [3.63, 3.8) is 0 Å². The Balaban J connectivity index is 1.79. The molecule has 2 aromatic rings. The third-order valence-corrected chi connectivity index (χ3v) is 5.27. The molecule has 0 N–H and O–H groups in total. The number of carbonyl (C=O) groups is 1. The number of alkyl halides is 2. The molecule has 3 rings (SSSR count). The molecule has 4 nitrogen and oxygen atoms in total. The zero-order chi connectivity index (χ0) is 20.8. The van der Waals surface area contributed by atoms with E-state index in [4.69, 9.17) is 23.2 Å². The van der Waals surface area contributed by atoms with Crippen molar-refractivity contribution in [3.05, 3.63) is 65.2 Å². The Bertz CT molecular complexity index is 899. The fraction of sp³-hybridized carbons (Fsp3) is 0.304. The van der Waals surface area contributed by atoms with Gasteiger partial charge in [0.2, 0.25) is 0 Å². The third-order valence-electron chi connectivity index (χ3n) is 4.93. The van der Waals surface area contributed by atoms with Crippen LogP contribution in [-0.2, 0) is 11.2 Å². The van der Waals surface area contributed by atoms with Gasteiger partial charge in [-0.1, -0.05) is 31.2 Å². The highest BCUT2D eigenvalue weighted by Crippen LogP contribution is 2.26. The van der Waals surface area contributed by atoms with Crippen LogP contribution in [0.5, 0.6) is 0 Å². The molecule has 0 saturated carbocycles. The van der Waals surface area contributed by atoms with Gasteiger partial charge in [0.05, 0.1) is 17.0 Å². The standard InChI is InChI=1S/C23H25Cl2N3O/c1-3-18-4-10-21(11-5-18)28-23(29)22(17(2)26-28)16-19-6-8-20(9-7-19)27(14-12-24)15-13-25/h4-11,16H,3,12-15H2,1-2H3. The van der Waals surface area contributed by atoms with Crippen molar-refractivity contribution in [2.45, 2.75) is 20.3 Å². The Hall–Kier alpha value is -2.30. The van der Waals surface area contributed by atoms with Crippen LogP contribution in [0.2, 0.25) is 0 Å². The number of hydrogen-bond acceptors (Lipinski definition) is 3. The summed E-state index contributed by atoms with van der Waals surface area (Å²) in [6, 6.07) is 16.0. The minimum absolute atomic E-state index is 0.110. The Morgan fingerprint density at radius 1 is 1.00 bits per heavy atom. The summed E-state index contributed by atoms with van der Waals surface area (Å²) in [6.07, 6.45) is 2.85. The molecule has 0 aromatic heterocycles. The second kappa shape index (κ2) is 9.95. The highest BCUT2D eigenvalue weighted by Gasteiger charge is 2.28. The molecule has 2 aromatic carbocycles. The Morgan fingerprint density at radius 2 is 1.62 bits per heavy atom. The van der Waals surface area contributed by atoms with Gasteiger partial charge in [-0.25, -0.2) is 0 Å². The van der Waals surface area contributed by atoms with E-state index in [0.29, 0.717) is 23.0 Å². The number of rotatable bonds is 8. The number of hydrazone groups is 1. The van der Waals surface area contributed by atoms with Crippen molar-refractivity contribution < 1.29 is 4.79 Å². The summed E-state index contributed by atoms with van der Waals surface area (Å²) in [4.78, 5) is 15.1. The van der Waals surface area contributed by atoms with Gasteiger partial charge in [-0.15, -0.1) is 23.2 Å². The zero-order valence-electron chi connectivity index (χ0n) is 16.7. The van der Waals surface area contributed by atoms with Crippen LogP contribution in [-0.4, -0.2) is 36.5 Å². The van der Waals surface area contributed by atoms with Gasteiger partial charge in [-0.3, -0.25) is 4.79 Å². The molecular formula is C23H25Cl2N3O. The van der Waals surface area contributed by atoms with Crippen LogP contribution in [0.25, 0.3) is 6.08 Å². The topological polar surface area (TPSA) is 35.9 Å². The first kappa shape index (κ1) is 21.4. The van der Waals surface area contributed by atoms with E-state index >= 15 is 0 Å². The smallest absolute Gasteiger partial charge is 0.280 e. The predicted octanol–water partition coefficient (Wildman–Crippen LogP) is 5.34. The maximum atomic E-state index is 12.9. The van der Waals surface area contributed by atoms with Gasteiger partial charge in [0.25, 0.3) is 5.91 Å². The summed E-state index contributed by atoms with van der Waals surface area (Å²) in [5, 5.41) is 5.93. The second-order valence-electron chi connectivity index (χ2n) is 6.84. The first-order valence-electron chi connectivity index (χ1n) is 9.75. The molecule has 0 bridgehead atoms. The lowest BCUT2D eigenvalue weighted by Gasteiger charge is -2.22. The first-order valence-corrected chi connectivity index (χ1v) is 10.8. The molecule has 0 fully saturated rings. The third kappa shape index (κ3) is 5.01. The largest absolute Gasteiger partial charge is 0.369 e. The minimum Gasteiger partial charge on any atom is -0.369 e. The van der Waals surface area contributed by atoms with Gasteiger partial charge in [0.15, 0.2) is 0 Å². The van der Waals surface area contributed by atoms with Crippen molar-refractivity contribution in [1.29, 1.82) is 0 Å². The maximum Gasteiger partial charge on any atom is 0.280 e. The van der Waals surface area contributed by atoms with Crippen LogP contribution in [0.15, 0.2) is 59.2 Å². The monoisotopic (exact) mass is 429 g/mol. The van der Waals surface area contributed by atoms with E-state index < -0.39 is 0 Å². The molecule has 0 saturated heterocycles. The quantitative estimate of drug-likeness (QED) is 0.419. The van der Waals surface area contributed by atoms with Crippen molar-refractivity contribution >= 4 is 52.3 Å². The summed E-state index contributed by atoms with van der Waals surface area (Å²) >= 11 is 11.8. The molecular weight excluding hydrogens is 405 g/mol. The lowest BCUT2D eigenvalue weighted by Crippen LogP contribution is -2.27. The summed E-state index contributed by atoms with van der Waals surface area (Å²) in [7, 11) is 0. The molecule has 6 heteroatoms. The lowest BCUT2D eigenvalue weighted by molar-refractivity contribution is -0.114. The maximum absolute atomic E-state index is 12.9. The molecule has 1 aliphatic heterocycles.